The van der Waals surface area contributed by atoms with E-state index in [1.54, 1.807) is 6.20 Å². The highest BCUT2D eigenvalue weighted by Gasteiger charge is 2.35. The number of para-hydroxylation sites is 1. The molecule has 0 saturated carbocycles. The highest BCUT2D eigenvalue weighted by Crippen LogP contribution is 2.29. The van der Waals surface area contributed by atoms with Crippen LogP contribution in [0.3, 0.4) is 0 Å². The third-order valence-electron chi connectivity index (χ3n) is 11.0. The molecule has 11 nitrogen and oxygen atoms in total. The molecule has 0 bridgehead atoms. The zero-order chi connectivity index (χ0) is 33.2. The number of hydrogen-bond acceptors (Lipinski definition) is 6. The highest BCUT2D eigenvalue weighted by atomic mass is 79.9. The van der Waals surface area contributed by atoms with E-state index < -0.39 is 5.92 Å². The fraction of sp³-hybridized carbons (Fsp3) is 0.556. The minimum Gasteiger partial charge on any atom is -0.343 e. The van der Waals surface area contributed by atoms with E-state index in [1.165, 1.54) is 12.8 Å². The summed E-state index contributed by atoms with van der Waals surface area (Å²) in [7, 11) is 2.19. The highest BCUT2D eigenvalue weighted by molar-refractivity contribution is 9.10. The number of carbonyl (C=O) groups is 3. The lowest BCUT2D eigenvalue weighted by atomic mass is 9.92. The number of fused-ring (bicyclic) bond motifs is 2. The zero-order valence-electron chi connectivity index (χ0n) is 27.9. The van der Waals surface area contributed by atoms with Crippen LogP contribution in [0.5, 0.6) is 0 Å². The molecule has 3 saturated heterocycles. The number of halogens is 1. The van der Waals surface area contributed by atoms with Gasteiger partial charge < -0.3 is 24.9 Å². The fourth-order valence-corrected chi connectivity index (χ4v) is 8.76. The Hall–Kier alpha value is -3.48. The summed E-state index contributed by atoms with van der Waals surface area (Å²) >= 11 is 3.67. The Bertz CT molecular complexity index is 1620. The van der Waals surface area contributed by atoms with Gasteiger partial charge in [-0.25, -0.2) is 4.79 Å². The van der Waals surface area contributed by atoms with Gasteiger partial charge in [0.25, 0.3) is 0 Å². The minimum atomic E-state index is -0.448. The van der Waals surface area contributed by atoms with E-state index in [2.05, 4.69) is 60.4 Å². The monoisotopic (exact) mass is 718 g/mol. The Labute approximate surface area is 291 Å². The first kappa shape index (κ1) is 33.0. The number of benzene rings is 2. The smallest absolute Gasteiger partial charge is 0.322 e. The number of amides is 4. The number of urea groups is 1. The van der Waals surface area contributed by atoms with Crippen molar-refractivity contribution >= 4 is 50.4 Å². The standard InChI is InChI=1S/C36H47BrN8O3/c1-41-11-7-29(8-12-41)42-16-18-44(19-17-42)35(47)27(20-25-21-28-24-38-40-34(28)31(37)22-25)23-33(46)43-13-9-30(10-14-43)45-15-6-26-4-2-3-5-32(26)39-36(45)48/h2-5,21-22,24,27,29-30H,6-20,23H2,1H3,(H,38,40)(H,39,48). The van der Waals surface area contributed by atoms with Crippen LogP contribution in [-0.4, -0.2) is 131 Å². The van der Waals surface area contributed by atoms with Gasteiger partial charge in [0.2, 0.25) is 11.8 Å². The summed E-state index contributed by atoms with van der Waals surface area (Å²) in [6.07, 6.45) is 7.10. The number of hydrogen-bond donors (Lipinski definition) is 2. The molecule has 2 N–H and O–H groups in total. The molecule has 4 aliphatic heterocycles. The van der Waals surface area contributed by atoms with Crippen molar-refractivity contribution in [3.63, 3.8) is 0 Å². The number of nitrogens with zero attached hydrogens (tertiary/aromatic N) is 6. The van der Waals surface area contributed by atoms with E-state index in [1.807, 2.05) is 39.0 Å². The molecule has 4 amide bonds. The molecule has 2 aromatic carbocycles. The molecule has 1 aromatic heterocycles. The fourth-order valence-electron chi connectivity index (χ4n) is 8.15. The van der Waals surface area contributed by atoms with Crippen molar-refractivity contribution in [1.29, 1.82) is 0 Å². The number of likely N-dealkylation sites (tertiary alicyclic amines) is 2. The van der Waals surface area contributed by atoms with Gasteiger partial charge in [-0.1, -0.05) is 18.2 Å². The van der Waals surface area contributed by atoms with Gasteiger partial charge in [0.1, 0.15) is 0 Å². The van der Waals surface area contributed by atoms with E-state index in [-0.39, 0.29) is 30.3 Å². The molecule has 7 rings (SSSR count). The SMILES string of the molecule is CN1CCC(N2CCN(C(=O)C(CC(=O)N3CCC(N4CCc5ccccc5NC4=O)CC3)Cc3cc(Br)c4[nH]ncc4c3)CC2)CC1. The van der Waals surface area contributed by atoms with Crippen LogP contribution in [0, 0.1) is 5.92 Å². The number of piperidine rings is 2. The Morgan fingerprint density at radius 2 is 1.65 bits per heavy atom. The summed E-state index contributed by atoms with van der Waals surface area (Å²) in [6.45, 7) is 7.26. The van der Waals surface area contributed by atoms with Crippen molar-refractivity contribution in [2.24, 2.45) is 5.92 Å². The van der Waals surface area contributed by atoms with Gasteiger partial charge in [-0.3, -0.25) is 19.6 Å². The van der Waals surface area contributed by atoms with Crippen LogP contribution < -0.4 is 5.32 Å². The first-order valence-corrected chi connectivity index (χ1v) is 18.4. The van der Waals surface area contributed by atoms with Crippen LogP contribution in [0.4, 0.5) is 10.5 Å². The predicted octanol–water partition coefficient (Wildman–Crippen LogP) is 4.19. The molecule has 0 spiro atoms. The maximum atomic E-state index is 14.2. The number of rotatable bonds is 7. The Morgan fingerprint density at radius 3 is 2.42 bits per heavy atom. The Morgan fingerprint density at radius 1 is 0.917 bits per heavy atom. The van der Waals surface area contributed by atoms with Crippen molar-refractivity contribution in [1.82, 2.24) is 34.7 Å². The molecule has 0 radical (unpaired) electrons. The van der Waals surface area contributed by atoms with Crippen LogP contribution in [0.2, 0.25) is 0 Å². The minimum absolute atomic E-state index is 0.0212. The maximum absolute atomic E-state index is 14.2. The molecule has 256 valence electrons. The van der Waals surface area contributed by atoms with Crippen molar-refractivity contribution in [2.45, 2.75) is 57.0 Å². The van der Waals surface area contributed by atoms with Gasteiger partial charge in [-0.15, -0.1) is 0 Å². The van der Waals surface area contributed by atoms with Crippen molar-refractivity contribution in [3.05, 3.63) is 58.2 Å². The molecule has 5 heterocycles. The normalized spacial score (nSPS) is 21.2. The van der Waals surface area contributed by atoms with Crippen LogP contribution in [-0.2, 0) is 22.4 Å². The second kappa shape index (κ2) is 14.6. The van der Waals surface area contributed by atoms with Gasteiger partial charge in [0, 0.05) is 79.9 Å². The molecule has 1 atom stereocenters. The lowest BCUT2D eigenvalue weighted by molar-refractivity contribution is -0.143. The summed E-state index contributed by atoms with van der Waals surface area (Å²) in [5.41, 5.74) is 3.97. The second-order valence-electron chi connectivity index (χ2n) is 14.1. The first-order chi connectivity index (χ1) is 23.3. The van der Waals surface area contributed by atoms with Gasteiger partial charge in [-0.2, -0.15) is 5.10 Å². The summed E-state index contributed by atoms with van der Waals surface area (Å²) in [6, 6.07) is 12.7. The molecule has 48 heavy (non-hydrogen) atoms. The largest absolute Gasteiger partial charge is 0.343 e. The lowest BCUT2D eigenvalue weighted by Gasteiger charge is -2.43. The molecular weight excluding hydrogens is 672 g/mol. The van der Waals surface area contributed by atoms with Crippen LogP contribution in [0.25, 0.3) is 10.9 Å². The number of H-pyrrole nitrogens is 1. The number of aromatic nitrogens is 2. The third kappa shape index (κ3) is 7.25. The lowest BCUT2D eigenvalue weighted by Crippen LogP contribution is -2.55. The van der Waals surface area contributed by atoms with Gasteiger partial charge >= 0.3 is 6.03 Å². The Kier molecular flexibility index (Phi) is 10.0. The molecule has 3 fully saturated rings. The molecule has 3 aromatic rings. The second-order valence-corrected chi connectivity index (χ2v) is 14.9. The van der Waals surface area contributed by atoms with Gasteiger partial charge in [0.15, 0.2) is 0 Å². The van der Waals surface area contributed by atoms with Crippen molar-refractivity contribution in [2.75, 3.05) is 71.3 Å². The quantitative estimate of drug-likeness (QED) is 0.380. The average Bonchev–Trinajstić information content (AvgIpc) is 3.52. The van der Waals surface area contributed by atoms with Crippen LogP contribution >= 0.6 is 15.9 Å². The van der Waals surface area contributed by atoms with E-state index in [0.29, 0.717) is 45.2 Å². The van der Waals surface area contributed by atoms with Gasteiger partial charge in [-0.05, 0) is 104 Å². The number of piperazine rings is 1. The van der Waals surface area contributed by atoms with Crippen LogP contribution in [0.15, 0.2) is 47.1 Å². The average molecular weight is 720 g/mol. The summed E-state index contributed by atoms with van der Waals surface area (Å²) < 4.78 is 0.902. The summed E-state index contributed by atoms with van der Waals surface area (Å²) in [5, 5.41) is 11.3. The molecular formula is C36H47BrN8O3. The third-order valence-corrected chi connectivity index (χ3v) is 11.7. The van der Waals surface area contributed by atoms with E-state index in [0.717, 1.165) is 77.6 Å². The van der Waals surface area contributed by atoms with Gasteiger partial charge in [0.05, 0.1) is 17.6 Å². The first-order valence-electron chi connectivity index (χ1n) is 17.6. The number of anilines is 1. The molecule has 12 heteroatoms. The summed E-state index contributed by atoms with van der Waals surface area (Å²) in [4.78, 5) is 52.0. The zero-order valence-corrected chi connectivity index (χ0v) is 29.5. The Balaban J connectivity index is 0.996. The van der Waals surface area contributed by atoms with Crippen molar-refractivity contribution in [3.8, 4) is 0 Å². The number of aromatic amines is 1. The molecule has 0 aliphatic carbocycles. The molecule has 4 aliphatic rings. The van der Waals surface area contributed by atoms with Crippen LogP contribution in [0.1, 0.15) is 43.2 Å². The maximum Gasteiger partial charge on any atom is 0.322 e. The number of nitrogens with one attached hydrogen (secondary N) is 2. The summed E-state index contributed by atoms with van der Waals surface area (Å²) in [5.74, 6) is -0.352. The number of carbonyl (C=O) groups excluding carboxylic acids is 3. The van der Waals surface area contributed by atoms with E-state index >= 15 is 0 Å². The van der Waals surface area contributed by atoms with E-state index in [9.17, 15) is 14.4 Å². The predicted molar refractivity (Wildman–Crippen MR) is 190 cm³/mol. The van der Waals surface area contributed by atoms with E-state index in [4.69, 9.17) is 0 Å². The van der Waals surface area contributed by atoms with Crippen molar-refractivity contribution < 1.29 is 14.4 Å². The topological polar surface area (TPSA) is 108 Å². The molecule has 1 unspecified atom stereocenters.